The van der Waals surface area contributed by atoms with Gasteiger partial charge in [-0.3, -0.25) is 9.36 Å². The van der Waals surface area contributed by atoms with Crippen LogP contribution in [0.2, 0.25) is 0 Å². The number of anilines is 1. The first-order valence-corrected chi connectivity index (χ1v) is 11.5. The van der Waals surface area contributed by atoms with Crippen LogP contribution in [0, 0.1) is 6.92 Å². The molecule has 1 aliphatic heterocycles. The molecule has 1 aliphatic rings. The molecule has 1 amide bonds. The SMILES string of the molecule is Cc1cc(-c2ccccc2Cn2cnn(CC(CN)=C(F)F)c2=O)cc2c1NC(=O)CC2.O=C(O)C(F)(F)F. The van der Waals surface area contributed by atoms with Crippen LogP contribution in [-0.2, 0) is 29.1 Å². The summed E-state index contributed by atoms with van der Waals surface area (Å²) in [5.74, 6) is -2.74. The third-order valence-corrected chi connectivity index (χ3v) is 5.87. The summed E-state index contributed by atoms with van der Waals surface area (Å²) >= 11 is 0. The topological polar surface area (TPSA) is 132 Å². The summed E-state index contributed by atoms with van der Waals surface area (Å²) in [6.45, 7) is 1.50. The number of aromatic nitrogens is 3. The van der Waals surface area contributed by atoms with Crippen LogP contribution < -0.4 is 16.7 Å². The maximum absolute atomic E-state index is 12.9. The van der Waals surface area contributed by atoms with Gasteiger partial charge in [0.15, 0.2) is 0 Å². The summed E-state index contributed by atoms with van der Waals surface area (Å²) in [5.41, 5.74) is 10.3. The molecule has 0 radical (unpaired) electrons. The molecule has 4 rings (SSSR count). The van der Waals surface area contributed by atoms with Crippen molar-refractivity contribution in [2.75, 3.05) is 11.9 Å². The van der Waals surface area contributed by atoms with Gasteiger partial charge in [-0.2, -0.15) is 27.1 Å². The lowest BCUT2D eigenvalue weighted by molar-refractivity contribution is -0.192. The first kappa shape index (κ1) is 29.2. The highest BCUT2D eigenvalue weighted by atomic mass is 19.4. The van der Waals surface area contributed by atoms with Gasteiger partial charge in [0.05, 0.1) is 13.1 Å². The lowest BCUT2D eigenvalue weighted by Crippen LogP contribution is -2.27. The van der Waals surface area contributed by atoms with Crippen LogP contribution in [0.25, 0.3) is 11.1 Å². The van der Waals surface area contributed by atoms with Crippen LogP contribution in [0.1, 0.15) is 23.1 Å². The molecule has 2 heterocycles. The minimum Gasteiger partial charge on any atom is -0.475 e. The molecule has 0 fully saturated rings. The Balaban J connectivity index is 0.000000532. The predicted octanol–water partition coefficient (Wildman–Crippen LogP) is 3.70. The normalized spacial score (nSPS) is 12.6. The number of nitrogens with two attached hydrogens (primary N) is 1. The molecule has 2 aromatic carbocycles. The van der Waals surface area contributed by atoms with E-state index in [1.165, 1.54) is 10.9 Å². The van der Waals surface area contributed by atoms with Crippen LogP contribution in [0.4, 0.5) is 27.6 Å². The van der Waals surface area contributed by atoms with Crippen LogP contribution >= 0.6 is 0 Å². The van der Waals surface area contributed by atoms with Crippen LogP contribution in [0.3, 0.4) is 0 Å². The number of aliphatic carboxylic acids is 1. The summed E-state index contributed by atoms with van der Waals surface area (Å²) in [7, 11) is 0. The molecule has 0 saturated heterocycles. The number of carbonyl (C=O) groups is 2. The van der Waals surface area contributed by atoms with Gasteiger partial charge in [-0.15, -0.1) is 0 Å². The molecule has 39 heavy (non-hydrogen) atoms. The number of fused-ring (bicyclic) bond motifs is 1. The molecular formula is C25H24F5N5O4. The fourth-order valence-electron chi connectivity index (χ4n) is 3.94. The predicted molar refractivity (Wildman–Crippen MR) is 131 cm³/mol. The number of carboxylic acid groups (broad SMARTS) is 1. The van der Waals surface area contributed by atoms with Crippen LogP contribution in [0.15, 0.2) is 59.2 Å². The zero-order valence-corrected chi connectivity index (χ0v) is 20.6. The Bertz CT molecular complexity index is 1470. The number of benzene rings is 2. The highest BCUT2D eigenvalue weighted by Crippen LogP contribution is 2.33. The molecule has 208 valence electrons. The summed E-state index contributed by atoms with van der Waals surface area (Å²) in [4.78, 5) is 33.3. The zero-order valence-electron chi connectivity index (χ0n) is 20.6. The number of hydrogen-bond acceptors (Lipinski definition) is 5. The van der Waals surface area contributed by atoms with E-state index in [2.05, 4.69) is 16.5 Å². The highest BCUT2D eigenvalue weighted by molar-refractivity contribution is 5.95. The van der Waals surface area contributed by atoms with E-state index in [1.54, 1.807) is 0 Å². The minimum absolute atomic E-state index is 0.0189. The molecule has 9 nitrogen and oxygen atoms in total. The third-order valence-electron chi connectivity index (χ3n) is 5.87. The van der Waals surface area contributed by atoms with Gasteiger partial charge in [0.2, 0.25) is 5.91 Å². The Hall–Kier alpha value is -4.33. The molecule has 0 atom stereocenters. The van der Waals surface area contributed by atoms with Gasteiger partial charge >= 0.3 is 17.8 Å². The number of rotatable bonds is 6. The highest BCUT2D eigenvalue weighted by Gasteiger charge is 2.38. The molecule has 0 saturated carbocycles. The van der Waals surface area contributed by atoms with Crippen molar-refractivity contribution in [3.05, 3.63) is 81.6 Å². The quantitative estimate of drug-likeness (QED) is 0.399. The van der Waals surface area contributed by atoms with Crippen LogP contribution in [-0.4, -0.2) is 44.1 Å². The molecule has 1 aromatic heterocycles. The Kier molecular flexibility index (Phi) is 9.01. The second kappa shape index (κ2) is 12.0. The van der Waals surface area contributed by atoms with Gasteiger partial charge < -0.3 is 16.2 Å². The molecule has 4 N–H and O–H groups in total. The number of carboxylic acids is 1. The standard InChI is InChI=1S/C23H23F2N5O2.C2HF3O2/c1-14-8-17(9-15-6-7-20(31)28-21(14)15)19-5-3-2-4-16(19)11-29-13-27-30(23(29)32)12-18(10-26)22(24)25;3-2(4,5)1(6)7/h2-5,8-9,13H,6-7,10-12,26H2,1H3,(H,28,31);(H,6,7). The van der Waals surface area contributed by atoms with E-state index < -0.39 is 23.9 Å². The van der Waals surface area contributed by atoms with Crippen molar-refractivity contribution in [1.29, 1.82) is 0 Å². The van der Waals surface area contributed by atoms with E-state index in [1.807, 2.05) is 37.3 Å². The smallest absolute Gasteiger partial charge is 0.475 e. The van der Waals surface area contributed by atoms with E-state index in [0.29, 0.717) is 12.8 Å². The molecule has 3 aromatic rings. The third kappa shape index (κ3) is 7.16. The van der Waals surface area contributed by atoms with Gasteiger partial charge in [-0.05, 0) is 53.3 Å². The molecule has 0 bridgehead atoms. The van der Waals surface area contributed by atoms with Crippen molar-refractivity contribution in [2.45, 2.75) is 39.0 Å². The Labute approximate surface area is 218 Å². The average molecular weight is 553 g/mol. The summed E-state index contributed by atoms with van der Waals surface area (Å²) in [5, 5.41) is 14.0. The number of alkyl halides is 3. The van der Waals surface area contributed by atoms with Crippen molar-refractivity contribution in [3.8, 4) is 11.1 Å². The largest absolute Gasteiger partial charge is 0.490 e. The number of nitrogens with zero attached hydrogens (tertiary/aromatic N) is 3. The van der Waals surface area contributed by atoms with Crippen molar-refractivity contribution < 1.29 is 36.6 Å². The second-order valence-electron chi connectivity index (χ2n) is 8.60. The van der Waals surface area contributed by atoms with Gasteiger partial charge in [-0.1, -0.05) is 24.3 Å². The molecule has 0 aliphatic carbocycles. The average Bonchev–Trinajstić information content (AvgIpc) is 3.21. The number of aryl methyl sites for hydroxylation is 2. The molecular weight excluding hydrogens is 529 g/mol. The minimum atomic E-state index is -5.08. The Morgan fingerprint density at radius 1 is 1.15 bits per heavy atom. The number of carbonyl (C=O) groups excluding carboxylic acids is 1. The zero-order chi connectivity index (χ0) is 28.9. The number of amides is 1. The Morgan fingerprint density at radius 3 is 2.44 bits per heavy atom. The van der Waals surface area contributed by atoms with E-state index in [4.69, 9.17) is 15.6 Å². The van der Waals surface area contributed by atoms with E-state index in [9.17, 15) is 31.5 Å². The number of nitrogens with one attached hydrogen (secondary N) is 1. The maximum Gasteiger partial charge on any atom is 0.490 e. The summed E-state index contributed by atoms with van der Waals surface area (Å²) in [6, 6.07) is 11.8. The van der Waals surface area contributed by atoms with Crippen molar-refractivity contribution in [3.63, 3.8) is 0 Å². The van der Waals surface area contributed by atoms with Crippen molar-refractivity contribution in [1.82, 2.24) is 14.3 Å². The van der Waals surface area contributed by atoms with E-state index in [0.717, 1.165) is 38.2 Å². The summed E-state index contributed by atoms with van der Waals surface area (Å²) < 4.78 is 59.9. The molecule has 14 heteroatoms. The fourth-order valence-corrected chi connectivity index (χ4v) is 3.94. The first-order chi connectivity index (χ1) is 18.3. The van der Waals surface area contributed by atoms with E-state index >= 15 is 0 Å². The monoisotopic (exact) mass is 553 g/mol. The maximum atomic E-state index is 12.9. The van der Waals surface area contributed by atoms with Crippen molar-refractivity contribution >= 4 is 17.6 Å². The Morgan fingerprint density at radius 2 is 1.82 bits per heavy atom. The van der Waals surface area contributed by atoms with Crippen molar-refractivity contribution in [2.24, 2.45) is 5.73 Å². The van der Waals surface area contributed by atoms with E-state index in [-0.39, 0.29) is 31.1 Å². The van der Waals surface area contributed by atoms with Gasteiger partial charge in [0.1, 0.15) is 6.33 Å². The number of hydrogen-bond donors (Lipinski definition) is 3. The summed E-state index contributed by atoms with van der Waals surface area (Å²) in [6.07, 6.45) is -4.51. The van der Waals surface area contributed by atoms with Gasteiger partial charge in [-0.25, -0.2) is 14.3 Å². The molecule has 0 unspecified atom stereocenters. The molecule has 0 spiro atoms. The van der Waals surface area contributed by atoms with Crippen LogP contribution in [0.5, 0.6) is 0 Å². The van der Waals surface area contributed by atoms with Gasteiger partial charge in [0.25, 0.3) is 6.08 Å². The lowest BCUT2D eigenvalue weighted by Gasteiger charge is -2.21. The first-order valence-electron chi connectivity index (χ1n) is 11.5. The van der Waals surface area contributed by atoms with Gasteiger partial charge in [0, 0.05) is 24.2 Å². The number of halogens is 5. The lowest BCUT2D eigenvalue weighted by atomic mass is 9.92. The fraction of sp³-hybridized carbons (Fsp3) is 0.280. The second-order valence-corrected chi connectivity index (χ2v) is 8.60.